The highest BCUT2D eigenvalue weighted by Crippen LogP contribution is 2.38. The van der Waals surface area contributed by atoms with Crippen LogP contribution in [0.2, 0.25) is 0 Å². The predicted octanol–water partition coefficient (Wildman–Crippen LogP) is 3.46. The van der Waals surface area contributed by atoms with Crippen LogP contribution in [0, 0.1) is 0 Å². The highest BCUT2D eigenvalue weighted by molar-refractivity contribution is 5.99. The molecule has 13 heavy (non-hydrogen) atoms. The first-order valence-electron chi connectivity index (χ1n) is 4.15. The van der Waals surface area contributed by atoms with Gasteiger partial charge in [0.25, 0.3) is 0 Å². The van der Waals surface area contributed by atoms with Crippen LogP contribution in [0.3, 0.4) is 0 Å². The molecule has 0 aliphatic heterocycles. The minimum Gasteiger partial charge on any atom is -0.147 e. The van der Waals surface area contributed by atoms with Crippen LogP contribution in [0.1, 0.15) is 11.1 Å². The first-order chi connectivity index (χ1) is 5.95. The van der Waals surface area contributed by atoms with Gasteiger partial charge in [-0.25, -0.2) is 0 Å². The molecule has 2 aliphatic rings. The third kappa shape index (κ3) is 1.06. The lowest BCUT2D eigenvalue weighted by atomic mass is 10.1. The molecule has 1 aromatic carbocycles. The van der Waals surface area contributed by atoms with E-state index in [1.54, 1.807) is 0 Å². The molecule has 0 heterocycles. The normalized spacial score (nSPS) is 15.7. The minimum absolute atomic E-state index is 0. The van der Waals surface area contributed by atoms with Crippen molar-refractivity contribution in [1.29, 1.82) is 0 Å². The van der Waals surface area contributed by atoms with Gasteiger partial charge in [0, 0.05) is 0 Å². The van der Waals surface area contributed by atoms with E-state index >= 15 is 0 Å². The van der Waals surface area contributed by atoms with Crippen LogP contribution in [-0.2, 0) is 0 Å². The Labute approximate surface area is 83.7 Å². The zero-order valence-electron chi connectivity index (χ0n) is 7.03. The van der Waals surface area contributed by atoms with E-state index in [1.807, 2.05) is 0 Å². The fourth-order valence-corrected chi connectivity index (χ4v) is 1.84. The van der Waals surface area contributed by atoms with Crippen molar-refractivity contribution in [2.75, 3.05) is 0 Å². The smallest absolute Gasteiger partial charge is 0.0105 e. The van der Waals surface area contributed by atoms with Gasteiger partial charge in [-0.1, -0.05) is 42.5 Å². The summed E-state index contributed by atoms with van der Waals surface area (Å²) in [6, 6.07) is 8.52. The molecule has 0 N–H and O–H groups in total. The molecule has 0 amide bonds. The Morgan fingerprint density at radius 1 is 1.00 bits per heavy atom. The summed E-state index contributed by atoms with van der Waals surface area (Å²) in [6.07, 6.45) is 8.69. The third-order valence-electron chi connectivity index (χ3n) is 2.41. The maximum absolute atomic E-state index is 2.24. The summed E-state index contributed by atoms with van der Waals surface area (Å²) in [6.45, 7) is 0. The van der Waals surface area contributed by atoms with Crippen molar-refractivity contribution < 1.29 is 0 Å². The number of hydrogen-bond acceptors (Lipinski definition) is 0. The van der Waals surface area contributed by atoms with Gasteiger partial charge in [-0.3, -0.25) is 0 Å². The molecule has 1 aromatic rings. The van der Waals surface area contributed by atoms with Crippen molar-refractivity contribution in [1.82, 2.24) is 0 Å². The summed E-state index contributed by atoms with van der Waals surface area (Å²) < 4.78 is 0. The van der Waals surface area contributed by atoms with Crippen LogP contribution in [-0.4, -0.2) is 0 Å². The summed E-state index contributed by atoms with van der Waals surface area (Å²) in [5.74, 6) is 0. The summed E-state index contributed by atoms with van der Waals surface area (Å²) in [5, 5.41) is 0. The van der Waals surface area contributed by atoms with Gasteiger partial charge in [-0.15, -0.1) is 12.4 Å². The number of allylic oxidation sites excluding steroid dienone is 5. The maximum Gasteiger partial charge on any atom is -0.0105 e. The quantitative estimate of drug-likeness (QED) is 0.585. The molecule has 0 saturated carbocycles. The molecule has 3 rings (SSSR count). The topological polar surface area (TPSA) is 0 Å². The highest BCUT2D eigenvalue weighted by atomic mass is 35.5. The van der Waals surface area contributed by atoms with Crippen LogP contribution < -0.4 is 0 Å². The Hall–Kier alpha value is -1.27. The molecule has 1 heteroatoms. The van der Waals surface area contributed by atoms with Crippen molar-refractivity contribution in [3.05, 3.63) is 59.2 Å². The zero-order valence-corrected chi connectivity index (χ0v) is 7.84. The largest absolute Gasteiger partial charge is 0.147 e. The molecule has 0 nitrogen and oxygen atoms in total. The third-order valence-corrected chi connectivity index (χ3v) is 2.41. The lowest BCUT2D eigenvalue weighted by Gasteiger charge is -1.98. The van der Waals surface area contributed by atoms with Gasteiger partial charge in [0.05, 0.1) is 0 Å². The molecule has 0 aromatic heterocycles. The molecule has 0 radical (unpaired) electrons. The second kappa shape index (κ2) is 2.90. The Morgan fingerprint density at radius 2 is 1.85 bits per heavy atom. The molecule has 0 spiro atoms. The van der Waals surface area contributed by atoms with Crippen molar-refractivity contribution in [3.63, 3.8) is 0 Å². The minimum atomic E-state index is 0. The van der Waals surface area contributed by atoms with Gasteiger partial charge < -0.3 is 0 Å². The number of benzene rings is 1. The van der Waals surface area contributed by atoms with Gasteiger partial charge in [0.1, 0.15) is 0 Å². The lowest BCUT2D eigenvalue weighted by Crippen LogP contribution is -1.78. The van der Waals surface area contributed by atoms with Crippen LogP contribution in [0.15, 0.2) is 48.1 Å². The fourth-order valence-electron chi connectivity index (χ4n) is 1.84. The molecule has 0 unspecified atom stereocenters. The lowest BCUT2D eigenvalue weighted by molar-refractivity contribution is 1.62. The summed E-state index contributed by atoms with van der Waals surface area (Å²) in [7, 11) is 0. The SMILES string of the molecule is C1=CC2=Cc3ccccc3C2=C1.Cl. The number of halogens is 1. The Bertz CT molecular complexity index is 436. The van der Waals surface area contributed by atoms with Crippen LogP contribution in [0.4, 0.5) is 0 Å². The molecule has 0 fully saturated rings. The first kappa shape index (κ1) is 8.33. The fraction of sp³-hybridized carbons (Fsp3) is 0. The molecule has 64 valence electrons. The average molecular weight is 189 g/mol. The maximum atomic E-state index is 2.24. The van der Waals surface area contributed by atoms with E-state index in [4.69, 9.17) is 0 Å². The van der Waals surface area contributed by atoms with Crippen molar-refractivity contribution in [2.24, 2.45) is 0 Å². The van der Waals surface area contributed by atoms with E-state index < -0.39 is 0 Å². The monoisotopic (exact) mass is 188 g/mol. The van der Waals surface area contributed by atoms with Crippen molar-refractivity contribution >= 4 is 24.1 Å². The summed E-state index contributed by atoms with van der Waals surface area (Å²) in [5.41, 5.74) is 5.46. The van der Waals surface area contributed by atoms with E-state index in [1.165, 1.54) is 22.3 Å². The summed E-state index contributed by atoms with van der Waals surface area (Å²) in [4.78, 5) is 0. The molecule has 2 aliphatic carbocycles. The number of hydrogen-bond donors (Lipinski definition) is 0. The van der Waals surface area contributed by atoms with Gasteiger partial charge >= 0.3 is 0 Å². The predicted molar refractivity (Wildman–Crippen MR) is 58.8 cm³/mol. The number of fused-ring (bicyclic) bond motifs is 3. The second-order valence-corrected chi connectivity index (χ2v) is 3.13. The van der Waals surface area contributed by atoms with Gasteiger partial charge in [0.2, 0.25) is 0 Å². The van der Waals surface area contributed by atoms with Crippen molar-refractivity contribution in [3.8, 4) is 0 Å². The van der Waals surface area contributed by atoms with E-state index in [9.17, 15) is 0 Å². The van der Waals surface area contributed by atoms with E-state index in [0.29, 0.717) is 0 Å². The van der Waals surface area contributed by atoms with E-state index in [-0.39, 0.29) is 12.4 Å². The molecule has 0 atom stereocenters. The molecular weight excluding hydrogens is 180 g/mol. The van der Waals surface area contributed by atoms with Crippen molar-refractivity contribution in [2.45, 2.75) is 0 Å². The molecule has 0 bridgehead atoms. The van der Waals surface area contributed by atoms with Crippen LogP contribution in [0.25, 0.3) is 11.6 Å². The van der Waals surface area contributed by atoms with E-state index in [0.717, 1.165) is 0 Å². The second-order valence-electron chi connectivity index (χ2n) is 3.13. The van der Waals surface area contributed by atoms with E-state index in [2.05, 4.69) is 48.6 Å². The van der Waals surface area contributed by atoms with Crippen LogP contribution in [0.5, 0.6) is 0 Å². The Kier molecular flexibility index (Phi) is 1.86. The summed E-state index contributed by atoms with van der Waals surface area (Å²) >= 11 is 0. The number of rotatable bonds is 0. The average Bonchev–Trinajstić information content (AvgIpc) is 2.62. The Morgan fingerprint density at radius 3 is 2.77 bits per heavy atom. The van der Waals surface area contributed by atoms with Crippen LogP contribution >= 0.6 is 12.4 Å². The standard InChI is InChI=1S/C12H8.ClH/c1-2-6-11-9(4-1)8-10-5-3-7-12(10)11;/h1-8H;1H. The molecular formula is C12H9Cl. The Balaban J connectivity index is 0.000000653. The molecule has 0 saturated heterocycles. The zero-order chi connectivity index (χ0) is 7.97. The first-order valence-corrected chi connectivity index (χ1v) is 4.15. The van der Waals surface area contributed by atoms with Gasteiger partial charge in [-0.2, -0.15) is 0 Å². The highest BCUT2D eigenvalue weighted by Gasteiger charge is 2.17. The van der Waals surface area contributed by atoms with Gasteiger partial charge in [-0.05, 0) is 28.3 Å². The van der Waals surface area contributed by atoms with Gasteiger partial charge in [0.15, 0.2) is 0 Å².